The van der Waals surface area contributed by atoms with Crippen molar-refractivity contribution in [1.82, 2.24) is 10.0 Å². The van der Waals surface area contributed by atoms with Gasteiger partial charge < -0.3 is 10.1 Å². The van der Waals surface area contributed by atoms with E-state index >= 15 is 0 Å². The Labute approximate surface area is 158 Å². The third kappa shape index (κ3) is 5.20. The number of hydrogen-bond donors (Lipinski definition) is 2. The highest BCUT2D eigenvalue weighted by Gasteiger charge is 2.19. The van der Waals surface area contributed by atoms with Gasteiger partial charge >= 0.3 is 0 Å². The van der Waals surface area contributed by atoms with E-state index in [9.17, 15) is 13.2 Å². The van der Waals surface area contributed by atoms with Crippen molar-refractivity contribution >= 4 is 27.5 Å². The molecule has 26 heavy (non-hydrogen) atoms. The van der Waals surface area contributed by atoms with Crippen LogP contribution in [-0.4, -0.2) is 27.5 Å². The van der Waals surface area contributed by atoms with Crippen molar-refractivity contribution in [3.05, 3.63) is 58.6 Å². The van der Waals surface area contributed by atoms with Crippen LogP contribution in [0.3, 0.4) is 0 Å². The van der Waals surface area contributed by atoms with E-state index in [4.69, 9.17) is 16.3 Å². The smallest absolute Gasteiger partial charge is 0.253 e. The first kappa shape index (κ1) is 20.2. The van der Waals surface area contributed by atoms with Gasteiger partial charge in [0.1, 0.15) is 5.75 Å². The molecule has 0 radical (unpaired) electrons. The number of carbonyl (C=O) groups is 1. The van der Waals surface area contributed by atoms with Crippen molar-refractivity contribution in [3.63, 3.8) is 0 Å². The van der Waals surface area contributed by atoms with Gasteiger partial charge in [-0.3, -0.25) is 4.79 Å². The van der Waals surface area contributed by atoms with Gasteiger partial charge in [0.25, 0.3) is 5.91 Å². The number of halogens is 1. The average molecular weight is 397 g/mol. The second kappa shape index (κ2) is 8.53. The number of sulfonamides is 1. The molecule has 0 heterocycles. The van der Waals surface area contributed by atoms with Crippen LogP contribution in [-0.2, 0) is 16.6 Å². The Morgan fingerprint density at radius 3 is 2.58 bits per heavy atom. The Balaban J connectivity index is 2.19. The van der Waals surface area contributed by atoms with Gasteiger partial charge in [-0.15, -0.1) is 0 Å². The quantitative estimate of drug-likeness (QED) is 0.753. The molecule has 0 aliphatic heterocycles. The van der Waals surface area contributed by atoms with Crippen molar-refractivity contribution < 1.29 is 17.9 Å². The normalized spacial score (nSPS) is 11.4. The first-order valence-electron chi connectivity index (χ1n) is 7.96. The summed E-state index contributed by atoms with van der Waals surface area (Å²) >= 11 is 6.08. The first-order chi connectivity index (χ1) is 12.2. The molecule has 0 aliphatic carbocycles. The highest BCUT2D eigenvalue weighted by atomic mass is 35.5. The van der Waals surface area contributed by atoms with Gasteiger partial charge in [0.15, 0.2) is 0 Å². The fourth-order valence-corrected chi connectivity index (χ4v) is 3.76. The number of ether oxygens (including phenoxy) is 1. The molecule has 0 aromatic heterocycles. The summed E-state index contributed by atoms with van der Waals surface area (Å²) in [6, 6.07) is 11.0. The van der Waals surface area contributed by atoms with Gasteiger partial charge in [-0.1, -0.05) is 23.7 Å². The number of methoxy groups -OCH3 is 1. The lowest BCUT2D eigenvalue weighted by molar-refractivity contribution is 0.0951. The monoisotopic (exact) mass is 396 g/mol. The van der Waals surface area contributed by atoms with Gasteiger partial charge in [0, 0.05) is 12.6 Å². The number of hydrogen-bond acceptors (Lipinski definition) is 4. The Morgan fingerprint density at radius 2 is 1.92 bits per heavy atom. The highest BCUT2D eigenvalue weighted by molar-refractivity contribution is 7.89. The van der Waals surface area contributed by atoms with Crippen LogP contribution in [0.1, 0.15) is 29.8 Å². The summed E-state index contributed by atoms with van der Waals surface area (Å²) in [5, 5.41) is 2.91. The van der Waals surface area contributed by atoms with Gasteiger partial charge in [-0.2, -0.15) is 0 Å². The third-order valence-electron chi connectivity index (χ3n) is 3.47. The van der Waals surface area contributed by atoms with E-state index in [-0.39, 0.29) is 28.1 Å². The largest absolute Gasteiger partial charge is 0.497 e. The van der Waals surface area contributed by atoms with Crippen LogP contribution in [0.4, 0.5) is 0 Å². The standard InChI is InChI=1S/C18H21ClN2O4S/c1-12(2)21-26(23,24)15-7-8-17(19)16(10-15)18(22)20-11-13-5-4-6-14(9-13)25-3/h4-10,12,21H,11H2,1-3H3,(H,20,22). The molecule has 2 N–H and O–H groups in total. The van der Waals surface area contributed by atoms with Crippen molar-refractivity contribution in [2.75, 3.05) is 7.11 Å². The minimum absolute atomic E-state index is 0.0119. The van der Waals surface area contributed by atoms with Crippen LogP contribution in [0.25, 0.3) is 0 Å². The van der Waals surface area contributed by atoms with Gasteiger partial charge in [-0.25, -0.2) is 13.1 Å². The predicted molar refractivity (Wildman–Crippen MR) is 101 cm³/mol. The molecule has 0 spiro atoms. The highest BCUT2D eigenvalue weighted by Crippen LogP contribution is 2.21. The summed E-state index contributed by atoms with van der Waals surface area (Å²) in [6.07, 6.45) is 0. The fourth-order valence-electron chi connectivity index (χ4n) is 2.28. The zero-order valence-corrected chi connectivity index (χ0v) is 16.3. The summed E-state index contributed by atoms with van der Waals surface area (Å²) < 4.78 is 32.2. The molecule has 0 fully saturated rings. The minimum Gasteiger partial charge on any atom is -0.497 e. The van der Waals surface area contributed by atoms with Gasteiger partial charge in [0.2, 0.25) is 10.0 Å². The van der Waals surface area contributed by atoms with E-state index < -0.39 is 15.9 Å². The zero-order chi connectivity index (χ0) is 19.3. The Morgan fingerprint density at radius 1 is 1.19 bits per heavy atom. The fraction of sp³-hybridized carbons (Fsp3) is 0.278. The van der Waals surface area contributed by atoms with Crippen LogP contribution >= 0.6 is 11.6 Å². The molecule has 2 rings (SSSR count). The molecule has 8 heteroatoms. The lowest BCUT2D eigenvalue weighted by atomic mass is 10.2. The Hall–Kier alpha value is -2.09. The topological polar surface area (TPSA) is 84.5 Å². The summed E-state index contributed by atoms with van der Waals surface area (Å²) in [7, 11) is -2.15. The SMILES string of the molecule is COc1cccc(CNC(=O)c2cc(S(=O)(=O)NC(C)C)ccc2Cl)c1. The van der Waals surface area contributed by atoms with Crippen LogP contribution in [0.5, 0.6) is 5.75 Å². The maximum absolute atomic E-state index is 12.5. The summed E-state index contributed by atoms with van der Waals surface area (Å²) in [5.41, 5.74) is 0.945. The zero-order valence-electron chi connectivity index (χ0n) is 14.7. The van der Waals surface area contributed by atoms with E-state index in [2.05, 4.69) is 10.0 Å². The Kier molecular flexibility index (Phi) is 6.63. The molecule has 1 amide bonds. The van der Waals surface area contributed by atoms with Crippen molar-refractivity contribution in [2.24, 2.45) is 0 Å². The number of nitrogens with one attached hydrogen (secondary N) is 2. The number of amides is 1. The third-order valence-corrected chi connectivity index (χ3v) is 5.46. The average Bonchev–Trinajstić information content (AvgIpc) is 2.59. The van der Waals surface area contributed by atoms with Gasteiger partial charge in [0.05, 0.1) is 22.6 Å². The lowest BCUT2D eigenvalue weighted by Crippen LogP contribution is -2.30. The predicted octanol–water partition coefficient (Wildman–Crippen LogP) is 2.97. The molecule has 2 aromatic rings. The van der Waals surface area contributed by atoms with E-state index in [1.165, 1.54) is 18.2 Å². The lowest BCUT2D eigenvalue weighted by Gasteiger charge is -2.12. The van der Waals surface area contributed by atoms with Crippen molar-refractivity contribution in [2.45, 2.75) is 31.3 Å². The minimum atomic E-state index is -3.71. The number of benzene rings is 2. The molecule has 2 aromatic carbocycles. The molecule has 0 saturated heterocycles. The maximum Gasteiger partial charge on any atom is 0.253 e. The molecule has 0 saturated carbocycles. The second-order valence-corrected chi connectivity index (χ2v) is 8.07. The molecule has 0 aliphatic rings. The number of carbonyl (C=O) groups excluding carboxylic acids is 1. The van der Waals surface area contributed by atoms with Crippen LogP contribution in [0, 0.1) is 0 Å². The van der Waals surface area contributed by atoms with Crippen LogP contribution in [0.2, 0.25) is 5.02 Å². The van der Waals surface area contributed by atoms with E-state index in [0.717, 1.165) is 5.56 Å². The molecular weight excluding hydrogens is 376 g/mol. The molecule has 6 nitrogen and oxygen atoms in total. The van der Waals surface area contributed by atoms with E-state index in [0.29, 0.717) is 5.75 Å². The molecular formula is C18H21ClN2O4S. The second-order valence-electron chi connectivity index (χ2n) is 5.95. The number of rotatable bonds is 7. The Bertz CT molecular complexity index is 898. The first-order valence-corrected chi connectivity index (χ1v) is 9.82. The maximum atomic E-state index is 12.5. The van der Waals surface area contributed by atoms with Crippen LogP contribution < -0.4 is 14.8 Å². The van der Waals surface area contributed by atoms with E-state index in [1.807, 2.05) is 12.1 Å². The molecule has 0 bridgehead atoms. The molecule has 0 unspecified atom stereocenters. The van der Waals surface area contributed by atoms with Crippen molar-refractivity contribution in [3.8, 4) is 5.75 Å². The summed E-state index contributed by atoms with van der Waals surface area (Å²) in [5.74, 6) is 0.224. The molecule has 140 valence electrons. The van der Waals surface area contributed by atoms with Crippen LogP contribution in [0.15, 0.2) is 47.4 Å². The summed E-state index contributed by atoms with van der Waals surface area (Å²) in [4.78, 5) is 12.4. The van der Waals surface area contributed by atoms with Gasteiger partial charge in [-0.05, 0) is 49.7 Å². The summed E-state index contributed by atoms with van der Waals surface area (Å²) in [6.45, 7) is 3.69. The van der Waals surface area contributed by atoms with E-state index in [1.54, 1.807) is 33.1 Å². The molecule has 0 atom stereocenters. The van der Waals surface area contributed by atoms with Crippen molar-refractivity contribution in [1.29, 1.82) is 0 Å².